The van der Waals surface area contributed by atoms with Gasteiger partial charge in [-0.15, -0.1) is 0 Å². The van der Waals surface area contributed by atoms with Crippen molar-refractivity contribution in [2.45, 2.75) is 55.4 Å². The molecule has 51 heavy (non-hydrogen) atoms. The Bertz CT molecular complexity index is 2130. The summed E-state index contributed by atoms with van der Waals surface area (Å²) in [6.07, 6.45) is 3.72. The third kappa shape index (κ3) is 6.51. The van der Waals surface area contributed by atoms with Crippen molar-refractivity contribution in [3.05, 3.63) is 178 Å². The van der Waals surface area contributed by atoms with Crippen LogP contribution >= 0.6 is 0 Å². The number of benzene rings is 6. The van der Waals surface area contributed by atoms with E-state index in [1.165, 1.54) is 89.0 Å². The molecule has 0 aliphatic rings. The molecule has 0 N–H and O–H groups in total. The summed E-state index contributed by atoms with van der Waals surface area (Å²) in [6.45, 7) is 17.8. The lowest BCUT2D eigenvalue weighted by Crippen LogP contribution is -2.10. The molecule has 0 atom stereocenters. The Kier molecular flexibility index (Phi) is 9.19. The lowest BCUT2D eigenvalue weighted by molar-refractivity contribution is 1.24. The first-order valence-electron chi connectivity index (χ1n) is 17.9. The predicted molar refractivity (Wildman–Crippen MR) is 219 cm³/mol. The Morgan fingerprint density at radius 1 is 0.314 bits per heavy atom. The summed E-state index contributed by atoms with van der Waals surface area (Å²) in [4.78, 5) is 6.62. The molecule has 0 spiro atoms. The molecular formula is C49H46N2. The van der Waals surface area contributed by atoms with Gasteiger partial charge >= 0.3 is 0 Å². The Hall–Kier alpha value is -5.73. The number of rotatable bonds is 7. The van der Waals surface area contributed by atoms with Crippen LogP contribution in [0.1, 0.15) is 44.5 Å². The molecule has 2 heteroatoms. The zero-order valence-electron chi connectivity index (χ0n) is 31.1. The average molecular weight is 663 g/mol. The predicted octanol–water partition coefficient (Wildman–Crippen LogP) is 13.7. The van der Waals surface area contributed by atoms with Gasteiger partial charge in [0.05, 0.1) is 0 Å². The number of aromatic nitrogens is 1. The Balaban J connectivity index is 1.22. The average Bonchev–Trinajstić information content (AvgIpc) is 3.09. The van der Waals surface area contributed by atoms with Crippen LogP contribution in [-0.4, -0.2) is 4.98 Å². The molecule has 0 aliphatic carbocycles. The van der Waals surface area contributed by atoms with Crippen LogP contribution in [0.3, 0.4) is 0 Å². The van der Waals surface area contributed by atoms with Crippen LogP contribution < -0.4 is 4.90 Å². The second-order valence-corrected chi connectivity index (χ2v) is 14.1. The van der Waals surface area contributed by atoms with E-state index in [9.17, 15) is 0 Å². The van der Waals surface area contributed by atoms with Crippen molar-refractivity contribution in [1.82, 2.24) is 4.98 Å². The third-order valence-corrected chi connectivity index (χ3v) is 10.4. The van der Waals surface area contributed by atoms with E-state index in [0.717, 1.165) is 17.1 Å². The molecule has 0 radical (unpaired) electrons. The maximum atomic E-state index is 4.31. The summed E-state index contributed by atoms with van der Waals surface area (Å²) in [5.74, 6) is 0. The van der Waals surface area contributed by atoms with Crippen molar-refractivity contribution < 1.29 is 0 Å². The van der Waals surface area contributed by atoms with E-state index in [0.29, 0.717) is 0 Å². The molecule has 0 unspecified atom stereocenters. The molecule has 2 nitrogen and oxygen atoms in total. The van der Waals surface area contributed by atoms with Crippen molar-refractivity contribution in [2.24, 2.45) is 0 Å². The molecule has 1 heterocycles. The van der Waals surface area contributed by atoms with Crippen LogP contribution in [-0.2, 0) is 0 Å². The van der Waals surface area contributed by atoms with Gasteiger partial charge in [-0.1, -0.05) is 84.9 Å². The maximum absolute atomic E-state index is 4.31. The van der Waals surface area contributed by atoms with Gasteiger partial charge in [0.1, 0.15) is 0 Å². The van der Waals surface area contributed by atoms with E-state index in [1.807, 2.05) is 12.4 Å². The highest BCUT2D eigenvalue weighted by molar-refractivity contribution is 5.84. The van der Waals surface area contributed by atoms with Crippen LogP contribution in [0, 0.1) is 55.4 Å². The SMILES string of the molecule is Cc1cccc(C)c1-c1cc(C)c(-c2ccc(N(c3ccncc3)c3ccc(-c4c(C)cc(-c5c(C)cccc5C)cc4C)cc3)cc2)c(C)c1. The first kappa shape index (κ1) is 33.8. The summed E-state index contributed by atoms with van der Waals surface area (Å²) >= 11 is 0. The third-order valence-electron chi connectivity index (χ3n) is 10.4. The van der Waals surface area contributed by atoms with Crippen molar-refractivity contribution in [2.75, 3.05) is 4.90 Å². The summed E-state index contributed by atoms with van der Waals surface area (Å²) in [6, 6.07) is 44.6. The fourth-order valence-corrected chi connectivity index (χ4v) is 8.16. The summed E-state index contributed by atoms with van der Waals surface area (Å²) in [7, 11) is 0. The van der Waals surface area contributed by atoms with Gasteiger partial charge < -0.3 is 4.90 Å². The van der Waals surface area contributed by atoms with Gasteiger partial charge in [0, 0.05) is 29.5 Å². The lowest BCUT2D eigenvalue weighted by atomic mass is 9.88. The molecule has 0 amide bonds. The minimum Gasteiger partial charge on any atom is -0.310 e. The Morgan fingerprint density at radius 2 is 0.608 bits per heavy atom. The molecular weight excluding hydrogens is 617 g/mol. The number of hydrogen-bond donors (Lipinski definition) is 0. The number of aryl methyl sites for hydroxylation is 8. The van der Waals surface area contributed by atoms with Crippen molar-refractivity contribution in [3.63, 3.8) is 0 Å². The monoisotopic (exact) mass is 662 g/mol. The second-order valence-electron chi connectivity index (χ2n) is 14.1. The van der Waals surface area contributed by atoms with E-state index < -0.39 is 0 Å². The van der Waals surface area contributed by atoms with E-state index >= 15 is 0 Å². The minimum absolute atomic E-state index is 1.07. The Morgan fingerprint density at radius 3 is 0.941 bits per heavy atom. The number of hydrogen-bond acceptors (Lipinski definition) is 2. The normalized spacial score (nSPS) is 11.1. The fraction of sp³-hybridized carbons (Fsp3) is 0.163. The largest absolute Gasteiger partial charge is 0.310 e. The number of pyridine rings is 1. The summed E-state index contributed by atoms with van der Waals surface area (Å²) < 4.78 is 0. The quantitative estimate of drug-likeness (QED) is 0.169. The van der Waals surface area contributed by atoms with Gasteiger partial charge in [0.25, 0.3) is 0 Å². The van der Waals surface area contributed by atoms with Gasteiger partial charge in [-0.3, -0.25) is 4.98 Å². The second kappa shape index (κ2) is 13.9. The topological polar surface area (TPSA) is 16.1 Å². The first-order chi connectivity index (χ1) is 24.6. The number of nitrogens with zero attached hydrogens (tertiary/aromatic N) is 2. The van der Waals surface area contributed by atoms with Gasteiger partial charge in [-0.2, -0.15) is 0 Å². The van der Waals surface area contributed by atoms with Crippen LogP contribution in [0.15, 0.2) is 134 Å². The van der Waals surface area contributed by atoms with Crippen LogP contribution in [0.2, 0.25) is 0 Å². The van der Waals surface area contributed by atoms with Gasteiger partial charge in [0.2, 0.25) is 0 Å². The zero-order chi connectivity index (χ0) is 35.8. The van der Waals surface area contributed by atoms with Crippen molar-refractivity contribution in [1.29, 1.82) is 0 Å². The molecule has 0 bridgehead atoms. The standard InChI is InChI=1S/C49H46N2/c1-31-11-9-12-32(2)46(31)41-27-35(5)48(36(6)28-41)39-15-19-43(20-16-39)51(45-23-25-50-26-24-45)44-21-17-40(18-22-44)49-37(7)29-42(30-38(49)8)47-33(3)13-10-14-34(47)4/h9-30H,1-8H3. The van der Waals surface area contributed by atoms with Crippen molar-refractivity contribution >= 4 is 17.1 Å². The van der Waals surface area contributed by atoms with Gasteiger partial charge in [0.15, 0.2) is 0 Å². The highest BCUT2D eigenvalue weighted by Gasteiger charge is 2.17. The lowest BCUT2D eigenvalue weighted by Gasteiger charge is -2.26. The molecule has 0 fully saturated rings. The molecule has 0 aliphatic heterocycles. The molecule has 1 aromatic heterocycles. The van der Waals surface area contributed by atoms with E-state index in [2.05, 4.69) is 187 Å². The highest BCUT2D eigenvalue weighted by atomic mass is 15.1. The molecule has 252 valence electrons. The fourth-order valence-electron chi connectivity index (χ4n) is 8.16. The van der Waals surface area contributed by atoms with Crippen LogP contribution in [0.25, 0.3) is 44.5 Å². The van der Waals surface area contributed by atoms with E-state index in [4.69, 9.17) is 0 Å². The van der Waals surface area contributed by atoms with Crippen LogP contribution in [0.5, 0.6) is 0 Å². The number of anilines is 3. The molecule has 0 saturated carbocycles. The van der Waals surface area contributed by atoms with Crippen molar-refractivity contribution in [3.8, 4) is 44.5 Å². The maximum Gasteiger partial charge on any atom is 0.0492 e. The van der Waals surface area contributed by atoms with Gasteiger partial charge in [-0.25, -0.2) is 0 Å². The molecule has 7 rings (SSSR count). The van der Waals surface area contributed by atoms with Crippen LogP contribution in [0.4, 0.5) is 17.1 Å². The summed E-state index contributed by atoms with van der Waals surface area (Å²) in [5.41, 5.74) is 24.0. The molecule has 7 aromatic rings. The van der Waals surface area contributed by atoms with E-state index in [-0.39, 0.29) is 0 Å². The zero-order valence-corrected chi connectivity index (χ0v) is 31.1. The minimum atomic E-state index is 1.07. The smallest absolute Gasteiger partial charge is 0.0492 e. The molecule has 0 saturated heterocycles. The molecule has 6 aromatic carbocycles. The van der Waals surface area contributed by atoms with E-state index in [1.54, 1.807) is 0 Å². The summed E-state index contributed by atoms with van der Waals surface area (Å²) in [5, 5.41) is 0. The van der Waals surface area contributed by atoms with Gasteiger partial charge in [-0.05, 0) is 181 Å². The first-order valence-corrected chi connectivity index (χ1v) is 17.9. The Labute approximate surface area is 304 Å². The highest BCUT2D eigenvalue weighted by Crippen LogP contribution is 2.40.